The molecule has 0 bridgehead atoms. The highest BCUT2D eigenvalue weighted by Crippen LogP contribution is 2.28. The molecule has 0 radical (unpaired) electrons. The molecular formula is C13H14N4O. The molecule has 0 aliphatic carbocycles. The number of hydrogen-bond donors (Lipinski definition) is 1. The standard InChI is InChI=1S/C13H14N4O/c1-9(2)17-8-11(7-16-17)18-13-4-3-10(6-14)5-12(13)15/h3-5,7-9H,15H2,1-2H3. The normalized spacial score (nSPS) is 10.3. The topological polar surface area (TPSA) is 76.9 Å². The summed E-state index contributed by atoms with van der Waals surface area (Å²) in [5.74, 6) is 1.15. The summed E-state index contributed by atoms with van der Waals surface area (Å²) in [6.07, 6.45) is 3.44. The number of ether oxygens (including phenoxy) is 1. The molecule has 0 saturated heterocycles. The monoisotopic (exact) mass is 242 g/mol. The lowest BCUT2D eigenvalue weighted by atomic mass is 10.2. The zero-order chi connectivity index (χ0) is 13.1. The molecular weight excluding hydrogens is 228 g/mol. The largest absolute Gasteiger partial charge is 0.452 e. The molecule has 5 nitrogen and oxygen atoms in total. The number of nitrogens with two attached hydrogens (primary N) is 1. The minimum Gasteiger partial charge on any atom is -0.452 e. The molecule has 0 fully saturated rings. The number of nitrogen functional groups attached to an aromatic ring is 1. The smallest absolute Gasteiger partial charge is 0.165 e. The minimum absolute atomic E-state index is 0.278. The van der Waals surface area contributed by atoms with E-state index in [9.17, 15) is 0 Å². The van der Waals surface area contributed by atoms with Gasteiger partial charge in [0.1, 0.15) is 0 Å². The first kappa shape index (κ1) is 12.0. The fourth-order valence-electron chi connectivity index (χ4n) is 1.49. The SMILES string of the molecule is CC(C)n1cc(Oc2ccc(C#N)cc2N)cn1. The van der Waals surface area contributed by atoms with Gasteiger partial charge in [-0.05, 0) is 32.0 Å². The van der Waals surface area contributed by atoms with E-state index in [1.807, 2.05) is 26.1 Å². The van der Waals surface area contributed by atoms with Gasteiger partial charge in [-0.25, -0.2) is 0 Å². The summed E-state index contributed by atoms with van der Waals surface area (Å²) in [6, 6.07) is 7.24. The van der Waals surface area contributed by atoms with Gasteiger partial charge >= 0.3 is 0 Å². The Morgan fingerprint density at radius 3 is 2.78 bits per heavy atom. The van der Waals surface area contributed by atoms with E-state index >= 15 is 0 Å². The van der Waals surface area contributed by atoms with Crippen molar-refractivity contribution in [1.29, 1.82) is 5.26 Å². The third-order valence-electron chi connectivity index (χ3n) is 2.47. The summed E-state index contributed by atoms with van der Waals surface area (Å²) in [6.45, 7) is 4.07. The summed E-state index contributed by atoms with van der Waals surface area (Å²) in [5.41, 5.74) is 6.76. The highest BCUT2D eigenvalue weighted by molar-refractivity contribution is 5.57. The fourth-order valence-corrected chi connectivity index (χ4v) is 1.49. The molecule has 1 heterocycles. The van der Waals surface area contributed by atoms with Crippen LogP contribution in [0.1, 0.15) is 25.5 Å². The minimum atomic E-state index is 0.278. The van der Waals surface area contributed by atoms with Crippen molar-refractivity contribution in [3.8, 4) is 17.6 Å². The fraction of sp³-hybridized carbons (Fsp3) is 0.231. The Hall–Kier alpha value is -2.48. The van der Waals surface area contributed by atoms with Gasteiger partial charge in [-0.1, -0.05) is 0 Å². The van der Waals surface area contributed by atoms with Gasteiger partial charge in [0, 0.05) is 6.04 Å². The van der Waals surface area contributed by atoms with E-state index in [1.54, 1.807) is 29.1 Å². The maximum atomic E-state index is 8.75. The number of nitrogens with zero attached hydrogens (tertiary/aromatic N) is 3. The molecule has 0 aliphatic rings. The van der Waals surface area contributed by atoms with E-state index in [0.29, 0.717) is 22.7 Å². The third-order valence-corrected chi connectivity index (χ3v) is 2.47. The lowest BCUT2D eigenvalue weighted by Crippen LogP contribution is -1.99. The Bertz CT molecular complexity index is 595. The number of benzene rings is 1. The van der Waals surface area contributed by atoms with Gasteiger partial charge in [-0.15, -0.1) is 0 Å². The zero-order valence-electron chi connectivity index (χ0n) is 10.3. The molecule has 1 aromatic heterocycles. The maximum absolute atomic E-state index is 8.75. The van der Waals surface area contributed by atoms with Crippen molar-refractivity contribution in [3.63, 3.8) is 0 Å². The van der Waals surface area contributed by atoms with Gasteiger partial charge in [0.25, 0.3) is 0 Å². The quantitative estimate of drug-likeness (QED) is 0.839. The van der Waals surface area contributed by atoms with Crippen LogP contribution in [0.15, 0.2) is 30.6 Å². The number of hydrogen-bond acceptors (Lipinski definition) is 4. The van der Waals surface area contributed by atoms with Gasteiger partial charge < -0.3 is 10.5 Å². The van der Waals surface area contributed by atoms with Crippen LogP contribution in [-0.2, 0) is 0 Å². The first-order valence-electron chi connectivity index (χ1n) is 5.62. The van der Waals surface area contributed by atoms with Gasteiger partial charge in [-0.3, -0.25) is 4.68 Å². The molecule has 18 heavy (non-hydrogen) atoms. The number of nitriles is 1. The van der Waals surface area contributed by atoms with Crippen LogP contribution in [-0.4, -0.2) is 9.78 Å². The molecule has 0 unspecified atom stereocenters. The summed E-state index contributed by atoms with van der Waals surface area (Å²) in [4.78, 5) is 0. The van der Waals surface area contributed by atoms with Gasteiger partial charge in [0.05, 0.1) is 29.7 Å². The Morgan fingerprint density at radius 1 is 1.44 bits per heavy atom. The molecule has 2 aromatic rings. The highest BCUT2D eigenvalue weighted by atomic mass is 16.5. The second-order valence-corrected chi connectivity index (χ2v) is 4.22. The van der Waals surface area contributed by atoms with Crippen molar-refractivity contribution in [2.24, 2.45) is 0 Å². The molecule has 0 atom stereocenters. The first-order valence-corrected chi connectivity index (χ1v) is 5.62. The van der Waals surface area contributed by atoms with Crippen LogP contribution in [0.3, 0.4) is 0 Å². The van der Waals surface area contributed by atoms with Crippen LogP contribution in [0, 0.1) is 11.3 Å². The van der Waals surface area contributed by atoms with Gasteiger partial charge in [0.15, 0.2) is 11.5 Å². The van der Waals surface area contributed by atoms with E-state index in [4.69, 9.17) is 15.7 Å². The predicted octanol–water partition coefficient (Wildman–Crippen LogP) is 2.71. The van der Waals surface area contributed by atoms with Gasteiger partial charge in [0.2, 0.25) is 0 Å². The van der Waals surface area contributed by atoms with Crippen LogP contribution in [0.4, 0.5) is 5.69 Å². The summed E-state index contributed by atoms with van der Waals surface area (Å²) in [5, 5.41) is 12.9. The Kier molecular flexibility index (Phi) is 3.20. The van der Waals surface area contributed by atoms with Crippen LogP contribution in [0.25, 0.3) is 0 Å². The van der Waals surface area contributed by atoms with Gasteiger partial charge in [-0.2, -0.15) is 10.4 Å². The maximum Gasteiger partial charge on any atom is 0.165 e. The average Bonchev–Trinajstić information content (AvgIpc) is 2.80. The predicted molar refractivity (Wildman–Crippen MR) is 68.3 cm³/mol. The first-order chi connectivity index (χ1) is 8.60. The van der Waals surface area contributed by atoms with E-state index in [2.05, 4.69) is 5.10 Å². The van der Waals surface area contributed by atoms with Crippen molar-refractivity contribution in [1.82, 2.24) is 9.78 Å². The molecule has 5 heteroatoms. The number of anilines is 1. The second-order valence-electron chi connectivity index (χ2n) is 4.22. The molecule has 1 aromatic carbocycles. The number of rotatable bonds is 3. The van der Waals surface area contributed by atoms with Crippen LogP contribution >= 0.6 is 0 Å². The molecule has 2 N–H and O–H groups in total. The molecule has 0 amide bonds. The molecule has 2 rings (SSSR count). The Labute approximate surface area is 105 Å². The van der Waals surface area contributed by atoms with Crippen molar-refractivity contribution in [3.05, 3.63) is 36.2 Å². The summed E-state index contributed by atoms with van der Waals surface area (Å²) < 4.78 is 7.42. The summed E-state index contributed by atoms with van der Waals surface area (Å²) in [7, 11) is 0. The second kappa shape index (κ2) is 4.80. The van der Waals surface area contributed by atoms with Crippen LogP contribution < -0.4 is 10.5 Å². The molecule has 92 valence electrons. The van der Waals surface area contributed by atoms with Crippen molar-refractivity contribution in [2.75, 3.05) is 5.73 Å². The molecule has 0 saturated carbocycles. The van der Waals surface area contributed by atoms with E-state index < -0.39 is 0 Å². The molecule has 0 spiro atoms. The van der Waals surface area contributed by atoms with Crippen molar-refractivity contribution >= 4 is 5.69 Å². The zero-order valence-corrected chi connectivity index (χ0v) is 10.3. The van der Waals surface area contributed by atoms with E-state index in [-0.39, 0.29) is 6.04 Å². The van der Waals surface area contributed by atoms with Crippen molar-refractivity contribution < 1.29 is 4.74 Å². The number of aromatic nitrogens is 2. The van der Waals surface area contributed by atoms with Crippen LogP contribution in [0.5, 0.6) is 11.5 Å². The van der Waals surface area contributed by atoms with E-state index in [0.717, 1.165) is 0 Å². The lowest BCUT2D eigenvalue weighted by Gasteiger charge is -2.06. The average molecular weight is 242 g/mol. The van der Waals surface area contributed by atoms with Crippen LogP contribution in [0.2, 0.25) is 0 Å². The lowest BCUT2D eigenvalue weighted by molar-refractivity contribution is 0.479. The summed E-state index contributed by atoms with van der Waals surface area (Å²) >= 11 is 0. The van der Waals surface area contributed by atoms with Crippen molar-refractivity contribution in [2.45, 2.75) is 19.9 Å². The Balaban J connectivity index is 2.21. The highest BCUT2D eigenvalue weighted by Gasteiger charge is 2.06. The van der Waals surface area contributed by atoms with E-state index in [1.165, 1.54) is 0 Å². The Morgan fingerprint density at radius 2 is 2.22 bits per heavy atom. The third kappa shape index (κ3) is 2.43. The molecule has 0 aliphatic heterocycles.